The molecule has 0 saturated heterocycles. The van der Waals surface area contributed by atoms with Gasteiger partial charge in [-0.25, -0.2) is 14.1 Å². The number of carbonyl (C=O) groups is 1. The van der Waals surface area contributed by atoms with Gasteiger partial charge in [-0.15, -0.1) is 0 Å². The summed E-state index contributed by atoms with van der Waals surface area (Å²) in [7, 11) is 0. The lowest BCUT2D eigenvalue weighted by molar-refractivity contribution is 0.102. The Labute approximate surface area is 173 Å². The van der Waals surface area contributed by atoms with Crippen molar-refractivity contribution in [2.45, 2.75) is 32.6 Å². The lowest BCUT2D eigenvalue weighted by Gasteiger charge is -2.10. The zero-order chi connectivity index (χ0) is 20.8. The van der Waals surface area contributed by atoms with Crippen LogP contribution in [0.1, 0.15) is 46.1 Å². The fraction of sp³-hybridized carbons (Fsp3) is 0.208. The summed E-state index contributed by atoms with van der Waals surface area (Å²) in [6, 6.07) is 15.8. The van der Waals surface area contributed by atoms with Crippen molar-refractivity contribution >= 4 is 22.6 Å². The molecule has 4 aromatic rings. The second-order valence-electron chi connectivity index (χ2n) is 7.86. The van der Waals surface area contributed by atoms with Crippen LogP contribution >= 0.6 is 0 Å². The van der Waals surface area contributed by atoms with E-state index in [0.717, 1.165) is 35.5 Å². The van der Waals surface area contributed by atoms with Crippen LogP contribution in [0, 0.1) is 19.7 Å². The Kier molecular flexibility index (Phi) is 4.35. The highest BCUT2D eigenvalue weighted by Crippen LogP contribution is 2.40. The van der Waals surface area contributed by atoms with Gasteiger partial charge in [0.15, 0.2) is 5.65 Å². The van der Waals surface area contributed by atoms with E-state index in [1.165, 1.54) is 12.1 Å². The molecule has 2 aromatic carbocycles. The number of amides is 1. The number of benzene rings is 2. The SMILES string of the molecule is Cc1ccc(-n2nc(C)c3c(C(=O)Nc4cccc(F)c4)cc(C4CC4)nc32)cc1. The number of anilines is 1. The number of fused-ring (bicyclic) bond motifs is 1. The number of halogens is 1. The maximum absolute atomic E-state index is 13.6. The molecule has 0 bridgehead atoms. The summed E-state index contributed by atoms with van der Waals surface area (Å²) in [5, 5.41) is 8.22. The molecular formula is C24H21FN4O. The maximum atomic E-state index is 13.6. The van der Waals surface area contributed by atoms with Gasteiger partial charge < -0.3 is 5.32 Å². The van der Waals surface area contributed by atoms with E-state index >= 15 is 0 Å². The Morgan fingerprint density at radius 3 is 2.57 bits per heavy atom. The number of carbonyl (C=O) groups excluding carboxylic acids is 1. The van der Waals surface area contributed by atoms with Crippen molar-refractivity contribution in [3.8, 4) is 5.69 Å². The van der Waals surface area contributed by atoms with Gasteiger partial charge in [-0.2, -0.15) is 5.10 Å². The number of pyridine rings is 1. The van der Waals surface area contributed by atoms with E-state index in [4.69, 9.17) is 4.98 Å². The Morgan fingerprint density at radius 1 is 1.10 bits per heavy atom. The monoisotopic (exact) mass is 400 g/mol. The van der Waals surface area contributed by atoms with E-state index in [9.17, 15) is 9.18 Å². The van der Waals surface area contributed by atoms with Crippen LogP contribution in [0.5, 0.6) is 0 Å². The van der Waals surface area contributed by atoms with Gasteiger partial charge in [-0.3, -0.25) is 4.79 Å². The highest BCUT2D eigenvalue weighted by molar-refractivity contribution is 6.12. The van der Waals surface area contributed by atoms with Gasteiger partial charge in [0, 0.05) is 17.3 Å². The highest BCUT2D eigenvalue weighted by Gasteiger charge is 2.29. The molecule has 1 aliphatic carbocycles. The van der Waals surface area contributed by atoms with E-state index in [1.54, 1.807) is 16.8 Å². The summed E-state index contributed by atoms with van der Waals surface area (Å²) in [5.74, 6) is -0.312. The van der Waals surface area contributed by atoms with Crippen LogP contribution in [-0.2, 0) is 0 Å². The van der Waals surface area contributed by atoms with Crippen LogP contribution in [0.25, 0.3) is 16.7 Å². The molecule has 1 saturated carbocycles. The number of aromatic nitrogens is 3. The van der Waals surface area contributed by atoms with Gasteiger partial charge in [0.25, 0.3) is 5.91 Å². The molecular weight excluding hydrogens is 379 g/mol. The summed E-state index contributed by atoms with van der Waals surface area (Å²) in [4.78, 5) is 18.1. The molecule has 150 valence electrons. The summed E-state index contributed by atoms with van der Waals surface area (Å²) >= 11 is 0. The van der Waals surface area contributed by atoms with Crippen LogP contribution in [0.2, 0.25) is 0 Å². The Hall–Kier alpha value is -3.54. The molecule has 6 heteroatoms. The zero-order valence-corrected chi connectivity index (χ0v) is 16.8. The number of nitrogens with one attached hydrogen (secondary N) is 1. The molecule has 1 amide bonds. The third-order valence-corrected chi connectivity index (χ3v) is 5.43. The number of rotatable bonds is 4. The number of hydrogen-bond acceptors (Lipinski definition) is 3. The molecule has 0 unspecified atom stereocenters. The average Bonchev–Trinajstić information content (AvgIpc) is 3.52. The molecule has 30 heavy (non-hydrogen) atoms. The molecule has 5 nitrogen and oxygen atoms in total. The Morgan fingerprint density at radius 2 is 1.87 bits per heavy atom. The quantitative estimate of drug-likeness (QED) is 0.505. The van der Waals surface area contributed by atoms with Gasteiger partial charge >= 0.3 is 0 Å². The van der Waals surface area contributed by atoms with Crippen molar-refractivity contribution in [3.63, 3.8) is 0 Å². The minimum atomic E-state index is -0.394. The first-order valence-electron chi connectivity index (χ1n) is 10.0. The molecule has 2 heterocycles. The molecule has 0 spiro atoms. The van der Waals surface area contributed by atoms with Crippen molar-refractivity contribution in [3.05, 3.63) is 82.9 Å². The van der Waals surface area contributed by atoms with Crippen LogP contribution in [0.3, 0.4) is 0 Å². The lowest BCUT2D eigenvalue weighted by Crippen LogP contribution is -2.14. The summed E-state index contributed by atoms with van der Waals surface area (Å²) < 4.78 is 15.4. The van der Waals surface area contributed by atoms with Gasteiger partial charge in [-0.05, 0) is 63.1 Å². The molecule has 1 N–H and O–H groups in total. The van der Waals surface area contributed by atoms with Crippen molar-refractivity contribution in [2.75, 3.05) is 5.32 Å². The van der Waals surface area contributed by atoms with Crippen molar-refractivity contribution in [1.29, 1.82) is 0 Å². The third-order valence-electron chi connectivity index (χ3n) is 5.43. The number of aryl methyl sites for hydroxylation is 2. The molecule has 0 atom stereocenters. The van der Waals surface area contributed by atoms with Gasteiger partial charge in [0.1, 0.15) is 5.82 Å². The number of hydrogen-bond donors (Lipinski definition) is 1. The maximum Gasteiger partial charge on any atom is 0.256 e. The van der Waals surface area contributed by atoms with Crippen LogP contribution in [0.15, 0.2) is 54.6 Å². The third kappa shape index (κ3) is 3.34. The lowest BCUT2D eigenvalue weighted by atomic mass is 10.1. The van der Waals surface area contributed by atoms with Crippen molar-refractivity contribution in [1.82, 2.24) is 14.8 Å². The van der Waals surface area contributed by atoms with E-state index in [0.29, 0.717) is 28.2 Å². The largest absolute Gasteiger partial charge is 0.322 e. The standard InChI is InChI=1S/C24H21FN4O/c1-14-6-10-19(11-7-14)29-23-22(15(2)28-29)20(13-21(27-23)16-8-9-16)24(30)26-18-5-3-4-17(25)12-18/h3-7,10-13,16H,8-9H2,1-2H3,(H,26,30). The zero-order valence-electron chi connectivity index (χ0n) is 16.8. The van der Waals surface area contributed by atoms with Crippen LogP contribution in [-0.4, -0.2) is 20.7 Å². The highest BCUT2D eigenvalue weighted by atomic mass is 19.1. The summed E-state index contributed by atoms with van der Waals surface area (Å²) in [6.45, 7) is 3.92. The average molecular weight is 400 g/mol. The van der Waals surface area contributed by atoms with Crippen LogP contribution < -0.4 is 5.32 Å². The van der Waals surface area contributed by atoms with Gasteiger partial charge in [-0.1, -0.05) is 23.8 Å². The topological polar surface area (TPSA) is 59.8 Å². The van der Waals surface area contributed by atoms with E-state index in [-0.39, 0.29) is 5.91 Å². The van der Waals surface area contributed by atoms with Gasteiger partial charge in [0.2, 0.25) is 0 Å². The van der Waals surface area contributed by atoms with E-state index in [1.807, 2.05) is 44.2 Å². The minimum absolute atomic E-state index is 0.290. The summed E-state index contributed by atoms with van der Waals surface area (Å²) in [5.41, 5.74) is 5.29. The smallest absolute Gasteiger partial charge is 0.256 e. The Balaban J connectivity index is 1.65. The Bertz CT molecular complexity index is 1270. The number of nitrogens with zero attached hydrogens (tertiary/aromatic N) is 3. The van der Waals surface area contributed by atoms with E-state index in [2.05, 4.69) is 10.4 Å². The van der Waals surface area contributed by atoms with Crippen molar-refractivity contribution in [2.24, 2.45) is 0 Å². The molecule has 1 aliphatic rings. The minimum Gasteiger partial charge on any atom is -0.322 e. The molecule has 0 radical (unpaired) electrons. The molecule has 5 rings (SSSR count). The molecule has 2 aromatic heterocycles. The van der Waals surface area contributed by atoms with E-state index < -0.39 is 5.82 Å². The van der Waals surface area contributed by atoms with Crippen LogP contribution in [0.4, 0.5) is 10.1 Å². The second-order valence-corrected chi connectivity index (χ2v) is 7.86. The molecule has 0 aliphatic heterocycles. The van der Waals surface area contributed by atoms with Crippen molar-refractivity contribution < 1.29 is 9.18 Å². The predicted molar refractivity (Wildman–Crippen MR) is 115 cm³/mol. The first-order valence-corrected chi connectivity index (χ1v) is 10.0. The predicted octanol–water partition coefficient (Wildman–Crippen LogP) is 5.31. The first-order chi connectivity index (χ1) is 14.5. The summed E-state index contributed by atoms with van der Waals surface area (Å²) in [6.07, 6.45) is 2.14. The fourth-order valence-corrected chi connectivity index (χ4v) is 3.71. The first kappa shape index (κ1) is 18.5. The van der Waals surface area contributed by atoms with Gasteiger partial charge in [0.05, 0.1) is 22.3 Å². The fourth-order valence-electron chi connectivity index (χ4n) is 3.71. The molecule has 1 fully saturated rings. The normalized spacial score (nSPS) is 13.6. The second kappa shape index (κ2) is 7.06.